The average molecular weight is 441 g/mol. The molecule has 8 heteroatoms. The molecule has 0 fully saturated rings. The smallest absolute Gasteiger partial charge is 0.234 e. The van der Waals surface area contributed by atoms with Gasteiger partial charge >= 0.3 is 0 Å². The lowest BCUT2D eigenvalue weighted by Crippen LogP contribution is -2.15. The van der Waals surface area contributed by atoms with Gasteiger partial charge in [-0.1, -0.05) is 29.4 Å². The molecule has 30 heavy (non-hydrogen) atoms. The number of fused-ring (bicyclic) bond motifs is 1. The molecule has 0 aliphatic carbocycles. The topological polar surface area (TPSA) is 73.0 Å². The number of rotatable bonds is 6. The van der Waals surface area contributed by atoms with Crippen molar-refractivity contribution in [2.24, 2.45) is 0 Å². The average Bonchev–Trinajstić information content (AvgIpc) is 3.32. The van der Waals surface area contributed by atoms with Crippen LogP contribution < -0.4 is 5.32 Å². The Morgan fingerprint density at radius 2 is 2.07 bits per heavy atom. The van der Waals surface area contributed by atoms with Crippen molar-refractivity contribution in [2.75, 3.05) is 11.1 Å². The summed E-state index contributed by atoms with van der Waals surface area (Å²) in [6, 6.07) is 9.26. The Morgan fingerprint density at radius 3 is 2.83 bits per heavy atom. The number of nitrogens with one attached hydrogen (secondary N) is 1. The first kappa shape index (κ1) is 20.5. The van der Waals surface area contributed by atoms with E-state index < -0.39 is 0 Å². The number of nitrogens with zero attached hydrogens (tertiary/aromatic N) is 3. The van der Waals surface area contributed by atoms with Gasteiger partial charge in [-0.05, 0) is 56.2 Å². The molecule has 1 N–H and O–H groups in total. The number of aryl methyl sites for hydroxylation is 2. The van der Waals surface area contributed by atoms with Crippen molar-refractivity contribution < 1.29 is 9.21 Å². The summed E-state index contributed by atoms with van der Waals surface area (Å²) in [5, 5.41) is 5.27. The van der Waals surface area contributed by atoms with E-state index in [0.29, 0.717) is 11.6 Å². The van der Waals surface area contributed by atoms with Gasteiger partial charge in [0.1, 0.15) is 22.8 Å². The largest absolute Gasteiger partial charge is 0.467 e. The Morgan fingerprint density at radius 1 is 1.23 bits per heavy atom. The van der Waals surface area contributed by atoms with Gasteiger partial charge < -0.3 is 14.3 Å². The summed E-state index contributed by atoms with van der Waals surface area (Å²) >= 11 is 7.44. The minimum absolute atomic E-state index is 0.110. The molecule has 0 saturated carbocycles. The Hall–Kier alpha value is -2.77. The molecule has 3 aromatic heterocycles. The minimum Gasteiger partial charge on any atom is -0.467 e. The van der Waals surface area contributed by atoms with E-state index in [0.717, 1.165) is 44.3 Å². The van der Waals surface area contributed by atoms with Crippen LogP contribution >= 0.6 is 23.4 Å². The predicted molar refractivity (Wildman–Crippen MR) is 120 cm³/mol. The molecule has 154 valence electrons. The van der Waals surface area contributed by atoms with Crippen molar-refractivity contribution in [2.45, 2.75) is 32.3 Å². The molecule has 0 bridgehead atoms. The normalized spacial score (nSPS) is 11.2. The zero-order chi connectivity index (χ0) is 21.3. The zero-order valence-corrected chi connectivity index (χ0v) is 18.5. The van der Waals surface area contributed by atoms with Gasteiger partial charge in [0.15, 0.2) is 0 Å². The first-order chi connectivity index (χ1) is 14.4. The van der Waals surface area contributed by atoms with Crippen LogP contribution in [0.4, 0.5) is 5.69 Å². The first-order valence-electron chi connectivity index (χ1n) is 9.45. The summed E-state index contributed by atoms with van der Waals surface area (Å²) < 4.78 is 7.62. The van der Waals surface area contributed by atoms with Gasteiger partial charge in [0.25, 0.3) is 0 Å². The molecule has 0 aliphatic heterocycles. The van der Waals surface area contributed by atoms with Crippen LogP contribution in [0.1, 0.15) is 22.6 Å². The molecular weight excluding hydrogens is 420 g/mol. The molecule has 4 aromatic rings. The molecule has 0 aliphatic rings. The van der Waals surface area contributed by atoms with Crippen molar-refractivity contribution in [1.82, 2.24) is 14.5 Å². The van der Waals surface area contributed by atoms with E-state index in [4.69, 9.17) is 16.0 Å². The molecule has 1 aromatic carbocycles. The molecule has 0 saturated heterocycles. The van der Waals surface area contributed by atoms with E-state index in [9.17, 15) is 4.79 Å². The highest BCUT2D eigenvalue weighted by atomic mass is 35.5. The fraction of sp³-hybridized carbons (Fsp3) is 0.227. The van der Waals surface area contributed by atoms with Crippen molar-refractivity contribution in [3.63, 3.8) is 0 Å². The molecule has 4 rings (SSSR count). The summed E-state index contributed by atoms with van der Waals surface area (Å²) in [7, 11) is 0. The highest BCUT2D eigenvalue weighted by molar-refractivity contribution is 8.00. The lowest BCUT2D eigenvalue weighted by Gasteiger charge is -2.09. The molecule has 0 atom stereocenters. The Kier molecular flexibility index (Phi) is 5.83. The fourth-order valence-electron chi connectivity index (χ4n) is 3.35. The molecule has 0 unspecified atom stereocenters. The summed E-state index contributed by atoms with van der Waals surface area (Å²) in [6.45, 7) is 6.64. The van der Waals surface area contributed by atoms with Gasteiger partial charge in [-0.2, -0.15) is 0 Å². The number of benzene rings is 1. The van der Waals surface area contributed by atoms with Gasteiger partial charge in [-0.25, -0.2) is 9.97 Å². The zero-order valence-electron chi connectivity index (χ0n) is 16.9. The number of hydrogen-bond acceptors (Lipinski definition) is 5. The minimum atomic E-state index is -0.110. The maximum atomic E-state index is 12.5. The molecule has 3 heterocycles. The number of thioether (sulfide) groups is 1. The Labute approximate surface area is 183 Å². The first-order valence-corrected chi connectivity index (χ1v) is 10.8. The third-order valence-electron chi connectivity index (χ3n) is 5.08. The number of halogens is 1. The second-order valence-electron chi connectivity index (χ2n) is 7.05. The Bertz CT molecular complexity index is 1220. The van der Waals surface area contributed by atoms with Crippen LogP contribution in [0, 0.1) is 20.8 Å². The Balaban J connectivity index is 1.56. The van der Waals surface area contributed by atoms with Crippen molar-refractivity contribution in [3.8, 4) is 0 Å². The highest BCUT2D eigenvalue weighted by Crippen LogP contribution is 2.32. The van der Waals surface area contributed by atoms with Gasteiger partial charge in [0.05, 0.1) is 23.9 Å². The van der Waals surface area contributed by atoms with Gasteiger partial charge in [-0.15, -0.1) is 0 Å². The van der Waals surface area contributed by atoms with E-state index in [2.05, 4.69) is 33.7 Å². The third-order valence-corrected chi connectivity index (χ3v) is 6.30. The SMILES string of the molecule is Cc1ccc(Cl)cc1NC(=O)CSc1ncnc2c1c(C)c(C)n2Cc1ccco1. The van der Waals surface area contributed by atoms with E-state index >= 15 is 0 Å². The summed E-state index contributed by atoms with van der Waals surface area (Å²) in [4.78, 5) is 21.5. The van der Waals surface area contributed by atoms with Crippen LogP contribution in [0.25, 0.3) is 11.0 Å². The number of furan rings is 1. The van der Waals surface area contributed by atoms with Crippen LogP contribution in [0.2, 0.25) is 5.02 Å². The third kappa shape index (κ3) is 4.08. The number of anilines is 1. The van der Waals surface area contributed by atoms with Gasteiger partial charge in [0.2, 0.25) is 5.91 Å². The lowest BCUT2D eigenvalue weighted by molar-refractivity contribution is -0.113. The molecule has 0 spiro atoms. The monoisotopic (exact) mass is 440 g/mol. The maximum Gasteiger partial charge on any atom is 0.234 e. The second-order valence-corrected chi connectivity index (χ2v) is 8.45. The standard InChI is InChI=1S/C22H21ClN4O2S/c1-13-6-7-16(23)9-18(13)26-19(28)11-30-22-20-14(2)15(3)27(21(20)24-12-25-22)10-17-5-4-8-29-17/h4-9,12H,10-11H2,1-3H3,(H,26,28). The lowest BCUT2D eigenvalue weighted by atomic mass is 10.2. The second kappa shape index (κ2) is 8.53. The van der Waals surface area contributed by atoms with Crippen LogP contribution in [-0.4, -0.2) is 26.2 Å². The van der Waals surface area contributed by atoms with Crippen LogP contribution in [0.3, 0.4) is 0 Å². The van der Waals surface area contributed by atoms with Crippen LogP contribution in [-0.2, 0) is 11.3 Å². The van der Waals surface area contributed by atoms with E-state index in [1.807, 2.05) is 25.1 Å². The number of hydrogen-bond donors (Lipinski definition) is 1. The van der Waals surface area contributed by atoms with Crippen LogP contribution in [0.15, 0.2) is 52.4 Å². The van der Waals surface area contributed by atoms with Gasteiger partial charge in [0, 0.05) is 16.4 Å². The van der Waals surface area contributed by atoms with Crippen molar-refractivity contribution in [3.05, 3.63) is 70.5 Å². The van der Waals surface area contributed by atoms with Crippen molar-refractivity contribution in [1.29, 1.82) is 0 Å². The van der Waals surface area contributed by atoms with Crippen molar-refractivity contribution >= 4 is 46.0 Å². The molecule has 6 nitrogen and oxygen atoms in total. The summed E-state index contributed by atoms with van der Waals surface area (Å²) in [6.07, 6.45) is 3.21. The number of carbonyl (C=O) groups is 1. The quantitative estimate of drug-likeness (QED) is 0.322. The number of amides is 1. The molecule has 1 amide bonds. The number of carbonyl (C=O) groups excluding carboxylic acids is 1. The van der Waals surface area contributed by atoms with E-state index in [-0.39, 0.29) is 11.7 Å². The highest BCUT2D eigenvalue weighted by Gasteiger charge is 2.18. The molecular formula is C22H21ClN4O2S. The van der Waals surface area contributed by atoms with Crippen LogP contribution in [0.5, 0.6) is 0 Å². The van der Waals surface area contributed by atoms with E-state index in [1.54, 1.807) is 24.7 Å². The van der Waals surface area contributed by atoms with Gasteiger partial charge in [-0.3, -0.25) is 4.79 Å². The van der Waals surface area contributed by atoms with E-state index in [1.165, 1.54) is 11.8 Å². The number of aromatic nitrogens is 3. The predicted octanol–water partition coefficient (Wildman–Crippen LogP) is 5.38. The fourth-order valence-corrected chi connectivity index (χ4v) is 4.37. The maximum absolute atomic E-state index is 12.5. The summed E-state index contributed by atoms with van der Waals surface area (Å²) in [5.74, 6) is 0.987. The summed E-state index contributed by atoms with van der Waals surface area (Å²) in [5.41, 5.74) is 4.72. The molecule has 0 radical (unpaired) electrons.